The molecule has 9 nitrogen and oxygen atoms in total. The lowest BCUT2D eigenvalue weighted by Gasteiger charge is -2.30. The number of nitro groups is 1. The predicted molar refractivity (Wildman–Crippen MR) is 120 cm³/mol. The Balaban J connectivity index is 2.17. The van der Waals surface area contributed by atoms with Gasteiger partial charge in [-0.3, -0.25) is 10.1 Å². The molecule has 0 aromatic heterocycles. The number of nitrogens with zero attached hydrogens (tertiary/aromatic N) is 2. The van der Waals surface area contributed by atoms with E-state index in [2.05, 4.69) is 0 Å². The van der Waals surface area contributed by atoms with E-state index in [-0.39, 0.29) is 24.8 Å². The maximum atomic E-state index is 12.1. The van der Waals surface area contributed by atoms with Gasteiger partial charge in [-0.2, -0.15) is 0 Å². The monoisotopic (exact) mass is 445 g/mol. The highest BCUT2D eigenvalue weighted by Crippen LogP contribution is 2.20. The molecule has 2 aromatic rings. The molecule has 0 radical (unpaired) electrons. The quantitative estimate of drug-likeness (QED) is 0.296. The minimum Gasteiger partial charge on any atom is -0.435 e. The van der Waals surface area contributed by atoms with Gasteiger partial charge in [0.15, 0.2) is 0 Å². The van der Waals surface area contributed by atoms with Crippen LogP contribution in [-0.4, -0.2) is 48.0 Å². The van der Waals surface area contributed by atoms with Crippen LogP contribution in [0.25, 0.3) is 0 Å². The second-order valence-electron chi connectivity index (χ2n) is 7.78. The van der Waals surface area contributed by atoms with E-state index in [4.69, 9.17) is 20.0 Å². The molecule has 0 saturated carbocycles. The number of carbonyl (C=O) groups is 1. The summed E-state index contributed by atoms with van der Waals surface area (Å²) in [5.74, 6) is 0.671. The summed E-state index contributed by atoms with van der Waals surface area (Å²) in [7, 11) is 0. The average molecular weight is 446 g/mol. The molecule has 174 valence electrons. The van der Waals surface area contributed by atoms with E-state index in [0.29, 0.717) is 18.7 Å². The summed E-state index contributed by atoms with van der Waals surface area (Å²) >= 11 is 0. The maximum Gasteiger partial charge on any atom is 0.508 e. The molecule has 0 bridgehead atoms. The zero-order valence-corrected chi connectivity index (χ0v) is 18.7. The Bertz CT molecular complexity index is 845. The molecule has 0 aliphatic rings. The standard InChI is InChI=1S/C23H31N3O6/c1-4-30-23(27)31-22(21(24)14-18-8-6-5-7-9-18)16-25(15-17(2)3)32-20-12-10-19(11-13-20)26(28)29/h5-13,17,21-22H,4,14-16,24H2,1-3H3/t21-,22+/m0/s1. The van der Waals surface area contributed by atoms with E-state index in [0.717, 1.165) is 5.56 Å². The second kappa shape index (κ2) is 12.6. The predicted octanol–water partition coefficient (Wildman–Crippen LogP) is 3.96. The average Bonchev–Trinajstić information content (AvgIpc) is 2.74. The van der Waals surface area contributed by atoms with Crippen molar-refractivity contribution in [3.8, 4) is 5.75 Å². The highest BCUT2D eigenvalue weighted by molar-refractivity contribution is 5.60. The lowest BCUT2D eigenvalue weighted by Crippen LogP contribution is -2.49. The lowest BCUT2D eigenvalue weighted by atomic mass is 10.0. The number of rotatable bonds is 12. The topological polar surface area (TPSA) is 117 Å². The highest BCUT2D eigenvalue weighted by atomic mass is 16.7. The molecule has 32 heavy (non-hydrogen) atoms. The molecule has 0 unspecified atom stereocenters. The van der Waals surface area contributed by atoms with Gasteiger partial charge in [0.25, 0.3) is 5.69 Å². The third kappa shape index (κ3) is 8.52. The molecule has 0 fully saturated rings. The summed E-state index contributed by atoms with van der Waals surface area (Å²) in [5.41, 5.74) is 7.42. The third-order valence-electron chi connectivity index (χ3n) is 4.54. The molecule has 2 atom stereocenters. The smallest absolute Gasteiger partial charge is 0.435 e. The first kappa shape index (κ1) is 25.1. The fourth-order valence-corrected chi connectivity index (χ4v) is 3.09. The number of carbonyl (C=O) groups excluding carboxylic acids is 1. The Labute approximate surface area is 188 Å². The van der Waals surface area contributed by atoms with Crippen molar-refractivity contribution < 1.29 is 24.0 Å². The summed E-state index contributed by atoms with van der Waals surface area (Å²) in [6, 6.07) is 15.0. The van der Waals surface area contributed by atoms with Gasteiger partial charge in [-0.15, -0.1) is 5.06 Å². The van der Waals surface area contributed by atoms with E-state index >= 15 is 0 Å². The minimum atomic E-state index is -0.791. The minimum absolute atomic E-state index is 0.0267. The van der Waals surface area contributed by atoms with Gasteiger partial charge < -0.3 is 20.0 Å². The fourth-order valence-electron chi connectivity index (χ4n) is 3.09. The molecule has 2 rings (SSSR count). The molecule has 2 N–H and O–H groups in total. The van der Waals surface area contributed by atoms with Crippen molar-refractivity contribution in [3.63, 3.8) is 0 Å². The molecular weight excluding hydrogens is 414 g/mol. The van der Waals surface area contributed by atoms with Crippen molar-refractivity contribution in [1.82, 2.24) is 5.06 Å². The Hall–Kier alpha value is -3.17. The van der Waals surface area contributed by atoms with Crippen LogP contribution in [0.4, 0.5) is 10.5 Å². The molecule has 0 saturated heterocycles. The summed E-state index contributed by atoms with van der Waals surface area (Å²) in [5, 5.41) is 12.5. The molecule has 9 heteroatoms. The zero-order chi connectivity index (χ0) is 23.5. The summed E-state index contributed by atoms with van der Waals surface area (Å²) in [6.45, 7) is 6.66. The highest BCUT2D eigenvalue weighted by Gasteiger charge is 2.27. The summed E-state index contributed by atoms with van der Waals surface area (Å²) < 4.78 is 10.5. The molecule has 0 heterocycles. The van der Waals surface area contributed by atoms with Gasteiger partial charge >= 0.3 is 6.16 Å². The Morgan fingerprint density at radius 1 is 1.09 bits per heavy atom. The van der Waals surface area contributed by atoms with Crippen molar-refractivity contribution in [3.05, 3.63) is 70.3 Å². The summed E-state index contributed by atoms with van der Waals surface area (Å²) in [6.07, 6.45) is -0.996. The van der Waals surface area contributed by atoms with Crippen molar-refractivity contribution in [2.24, 2.45) is 11.7 Å². The van der Waals surface area contributed by atoms with Crippen LogP contribution in [0.2, 0.25) is 0 Å². The van der Waals surface area contributed by atoms with Crippen LogP contribution < -0.4 is 10.6 Å². The van der Waals surface area contributed by atoms with Crippen LogP contribution in [0.5, 0.6) is 5.75 Å². The number of nitro benzene ring substituents is 1. The molecule has 0 amide bonds. The molecule has 2 aromatic carbocycles. The Kier molecular flexibility index (Phi) is 9.90. The van der Waals surface area contributed by atoms with E-state index in [9.17, 15) is 14.9 Å². The van der Waals surface area contributed by atoms with Crippen LogP contribution in [0, 0.1) is 16.0 Å². The number of hydrogen-bond acceptors (Lipinski definition) is 8. The normalized spacial score (nSPS) is 12.9. The Morgan fingerprint density at radius 3 is 2.31 bits per heavy atom. The van der Waals surface area contributed by atoms with Crippen LogP contribution >= 0.6 is 0 Å². The zero-order valence-electron chi connectivity index (χ0n) is 18.7. The van der Waals surface area contributed by atoms with Crippen LogP contribution in [0.15, 0.2) is 54.6 Å². The van der Waals surface area contributed by atoms with E-state index in [1.807, 2.05) is 44.2 Å². The van der Waals surface area contributed by atoms with Crippen molar-refractivity contribution >= 4 is 11.8 Å². The first-order chi connectivity index (χ1) is 15.3. The number of non-ortho nitro benzene ring substituents is 1. The maximum absolute atomic E-state index is 12.1. The number of benzene rings is 2. The van der Waals surface area contributed by atoms with E-state index in [1.54, 1.807) is 12.0 Å². The van der Waals surface area contributed by atoms with Crippen molar-refractivity contribution in [2.75, 3.05) is 19.7 Å². The number of ether oxygens (including phenoxy) is 2. The van der Waals surface area contributed by atoms with Crippen molar-refractivity contribution in [2.45, 2.75) is 39.3 Å². The summed E-state index contributed by atoms with van der Waals surface area (Å²) in [4.78, 5) is 28.4. The molecule has 0 spiro atoms. The third-order valence-corrected chi connectivity index (χ3v) is 4.54. The van der Waals surface area contributed by atoms with Crippen LogP contribution in [0.1, 0.15) is 26.3 Å². The number of hydroxylamine groups is 2. The number of hydrogen-bond donors (Lipinski definition) is 1. The SMILES string of the molecule is CCOC(=O)O[C@H](CN(CC(C)C)Oc1ccc([N+](=O)[O-])cc1)[C@@H](N)Cc1ccccc1. The van der Waals surface area contributed by atoms with E-state index in [1.165, 1.54) is 24.3 Å². The molecule has 0 aliphatic carbocycles. The van der Waals surface area contributed by atoms with Gasteiger partial charge in [0.2, 0.25) is 0 Å². The van der Waals surface area contributed by atoms with Gasteiger partial charge in [0, 0.05) is 24.7 Å². The molecule has 0 aliphatic heterocycles. The van der Waals surface area contributed by atoms with Gasteiger partial charge in [0.05, 0.1) is 18.1 Å². The van der Waals surface area contributed by atoms with Gasteiger partial charge in [-0.05, 0) is 37.0 Å². The molecular formula is C23H31N3O6. The fraction of sp³-hybridized carbons (Fsp3) is 0.435. The first-order valence-corrected chi connectivity index (χ1v) is 10.6. The van der Waals surface area contributed by atoms with Crippen molar-refractivity contribution in [1.29, 1.82) is 0 Å². The van der Waals surface area contributed by atoms with Crippen LogP contribution in [-0.2, 0) is 15.9 Å². The van der Waals surface area contributed by atoms with E-state index < -0.39 is 23.2 Å². The van der Waals surface area contributed by atoms with Gasteiger partial charge in [0.1, 0.15) is 11.9 Å². The first-order valence-electron chi connectivity index (χ1n) is 10.6. The Morgan fingerprint density at radius 2 is 1.75 bits per heavy atom. The van der Waals surface area contributed by atoms with Gasteiger partial charge in [-0.1, -0.05) is 44.2 Å². The largest absolute Gasteiger partial charge is 0.508 e. The number of nitrogens with two attached hydrogens (primary N) is 1. The lowest BCUT2D eigenvalue weighted by molar-refractivity contribution is -0.384. The van der Waals surface area contributed by atoms with Crippen LogP contribution in [0.3, 0.4) is 0 Å². The second-order valence-corrected chi connectivity index (χ2v) is 7.78. The van der Waals surface area contributed by atoms with Gasteiger partial charge in [-0.25, -0.2) is 4.79 Å².